The molecule has 18 atom stereocenters. The van der Waals surface area contributed by atoms with Gasteiger partial charge in [0.25, 0.3) is 0 Å². The lowest BCUT2D eigenvalue weighted by Crippen LogP contribution is -2.64. The number of nitrogens with one attached hydrogen (secondary N) is 9. The Morgan fingerprint density at radius 3 is 1.11 bits per heavy atom. The predicted octanol–water partition coefficient (Wildman–Crippen LogP) is -6.25. The predicted molar refractivity (Wildman–Crippen MR) is 364 cm³/mol. The molecular formula is C64H116N9O31P. The Labute approximate surface area is 610 Å². The molecule has 0 radical (unpaired) electrons. The van der Waals surface area contributed by atoms with E-state index in [1.165, 1.54) is 20.8 Å². The van der Waals surface area contributed by atoms with Gasteiger partial charge in [0.05, 0.1) is 85.9 Å². The van der Waals surface area contributed by atoms with E-state index in [2.05, 4.69) is 52.4 Å². The van der Waals surface area contributed by atoms with Crippen molar-refractivity contribution in [2.75, 3.05) is 119 Å². The lowest BCUT2D eigenvalue weighted by Gasteiger charge is -2.42. The molecule has 3 saturated heterocycles. The Balaban J connectivity index is 1.62. The van der Waals surface area contributed by atoms with Crippen molar-refractivity contribution in [2.45, 2.75) is 234 Å². The van der Waals surface area contributed by atoms with Gasteiger partial charge < -0.3 is 141 Å². The molecule has 608 valence electrons. The second-order valence-corrected chi connectivity index (χ2v) is 26.8. The molecule has 3 heterocycles. The minimum absolute atomic E-state index is 0.0278. The molecule has 0 spiro atoms. The average molecular weight is 1540 g/mol. The molecule has 16 unspecified atom stereocenters. The van der Waals surface area contributed by atoms with Gasteiger partial charge in [-0.1, -0.05) is 19.3 Å². The van der Waals surface area contributed by atoms with Crippen molar-refractivity contribution in [3.63, 3.8) is 0 Å². The maximum absolute atomic E-state index is 14.3. The van der Waals surface area contributed by atoms with Crippen molar-refractivity contribution in [1.29, 1.82) is 0 Å². The van der Waals surface area contributed by atoms with Crippen molar-refractivity contribution in [3.8, 4) is 0 Å². The summed E-state index contributed by atoms with van der Waals surface area (Å²) in [5.41, 5.74) is 0. The highest BCUT2D eigenvalue weighted by molar-refractivity contribution is 7.47. The summed E-state index contributed by atoms with van der Waals surface area (Å²) < 4.78 is 70.8. The first-order valence-electron chi connectivity index (χ1n) is 35.6. The fraction of sp³-hybridized carbons (Fsp3) is 0.859. The number of carbonyl (C=O) groups excluding carboxylic acids is 9. The van der Waals surface area contributed by atoms with Crippen LogP contribution in [0.5, 0.6) is 0 Å². The minimum atomic E-state index is -4.03. The monoisotopic (exact) mass is 1540 g/mol. The number of aliphatic hydroxyl groups excluding tert-OH is 9. The molecule has 3 aliphatic rings. The Morgan fingerprint density at radius 2 is 0.733 bits per heavy atom. The van der Waals surface area contributed by atoms with Crippen molar-refractivity contribution in [2.24, 2.45) is 0 Å². The summed E-state index contributed by atoms with van der Waals surface area (Å²) in [5, 5.41) is 115. The van der Waals surface area contributed by atoms with E-state index in [4.69, 9.17) is 47.2 Å². The molecule has 0 saturated carbocycles. The molecule has 0 aromatic carbocycles. The number of amides is 9. The SMILES string of the molecule is COP(=O)(O)OCCCCCCNC(=O)CCCCCNC(=O)[C@H](CCCCNC(=O)CCOCCOC1OC(CO)C(O)C(O)C1NC(C)=O)NC(=O)[C@H](CCCCNC(=O)CCOCCOC1OC(CO)C(O)C(O)C1NC(C)=O)NC(=O)CCOCCOC1OC(CO)C(O)C(O)C1NC(C)=O. The molecule has 41 heteroatoms. The second kappa shape index (κ2) is 53.4. The van der Waals surface area contributed by atoms with Gasteiger partial charge in [0.1, 0.15) is 85.1 Å². The normalized spacial score (nSPS) is 25.7. The number of phosphoric acid groups is 1. The molecule has 105 heavy (non-hydrogen) atoms. The van der Waals surface area contributed by atoms with Crippen LogP contribution in [0.4, 0.5) is 0 Å². The van der Waals surface area contributed by atoms with Gasteiger partial charge in [0.2, 0.25) is 53.2 Å². The van der Waals surface area contributed by atoms with Crippen molar-refractivity contribution in [3.05, 3.63) is 0 Å². The third-order valence-corrected chi connectivity index (χ3v) is 17.7. The minimum Gasteiger partial charge on any atom is -0.394 e. The van der Waals surface area contributed by atoms with Crippen LogP contribution in [0.1, 0.15) is 130 Å². The van der Waals surface area contributed by atoms with E-state index < -0.39 is 167 Å². The topological polar surface area (TPSA) is 583 Å². The summed E-state index contributed by atoms with van der Waals surface area (Å²) in [7, 11) is -2.95. The molecule has 19 N–H and O–H groups in total. The molecule has 3 aliphatic heterocycles. The fourth-order valence-corrected chi connectivity index (χ4v) is 11.5. The molecule has 3 rings (SSSR count). The molecule has 0 aromatic rings. The lowest BCUT2D eigenvalue weighted by atomic mass is 9.97. The molecule has 0 aromatic heterocycles. The number of carbonyl (C=O) groups is 9. The summed E-state index contributed by atoms with van der Waals surface area (Å²) in [5.74, 6) is -4.40. The van der Waals surface area contributed by atoms with Gasteiger partial charge in [0, 0.05) is 79.7 Å². The largest absolute Gasteiger partial charge is 0.471 e. The summed E-state index contributed by atoms with van der Waals surface area (Å²) >= 11 is 0. The van der Waals surface area contributed by atoms with Crippen LogP contribution >= 0.6 is 7.82 Å². The van der Waals surface area contributed by atoms with Gasteiger partial charge in [0.15, 0.2) is 18.9 Å². The van der Waals surface area contributed by atoms with E-state index in [1.807, 2.05) is 0 Å². The molecule has 40 nitrogen and oxygen atoms in total. The number of unbranched alkanes of at least 4 members (excludes halogenated alkanes) is 7. The first kappa shape index (κ1) is 93.8. The average Bonchev–Trinajstić information content (AvgIpc) is 0.822. The zero-order chi connectivity index (χ0) is 77.7. The van der Waals surface area contributed by atoms with Gasteiger partial charge in [-0.15, -0.1) is 0 Å². The van der Waals surface area contributed by atoms with Crippen LogP contribution in [-0.2, 0) is 99.4 Å². The van der Waals surface area contributed by atoms with Gasteiger partial charge in [-0.05, 0) is 64.2 Å². The van der Waals surface area contributed by atoms with E-state index in [-0.39, 0.29) is 148 Å². The number of hydrogen-bond donors (Lipinski definition) is 19. The van der Waals surface area contributed by atoms with E-state index in [0.717, 1.165) is 13.5 Å². The number of rotatable bonds is 56. The van der Waals surface area contributed by atoms with Crippen LogP contribution < -0.4 is 47.9 Å². The number of hydrogen-bond acceptors (Lipinski definition) is 30. The summed E-state index contributed by atoms with van der Waals surface area (Å²) in [6, 6.07) is -5.87. The molecule has 9 amide bonds. The van der Waals surface area contributed by atoms with Crippen LogP contribution in [0.2, 0.25) is 0 Å². The number of aliphatic hydroxyl groups is 9. The number of phosphoric ester groups is 1. The zero-order valence-electron chi connectivity index (χ0n) is 60.3. The van der Waals surface area contributed by atoms with E-state index in [0.29, 0.717) is 64.3 Å². The smallest absolute Gasteiger partial charge is 0.394 e. The maximum atomic E-state index is 14.3. The Kier molecular flexibility index (Phi) is 47.7. The van der Waals surface area contributed by atoms with Gasteiger partial charge in [-0.2, -0.15) is 0 Å². The third-order valence-electron chi connectivity index (χ3n) is 16.7. The maximum Gasteiger partial charge on any atom is 0.471 e. The number of ether oxygens (including phenoxy) is 9. The van der Waals surface area contributed by atoms with Crippen LogP contribution in [0.25, 0.3) is 0 Å². The second-order valence-electron chi connectivity index (χ2n) is 25.2. The van der Waals surface area contributed by atoms with Crippen molar-refractivity contribution >= 4 is 61.0 Å². The Morgan fingerprint density at radius 1 is 0.390 bits per heavy atom. The van der Waals surface area contributed by atoms with Crippen molar-refractivity contribution < 1.29 is 150 Å². The molecular weight excluding hydrogens is 1420 g/mol. The molecule has 0 bridgehead atoms. The molecule has 0 aliphatic carbocycles. The summed E-state index contributed by atoms with van der Waals surface area (Å²) in [4.78, 5) is 125. The van der Waals surface area contributed by atoms with Crippen LogP contribution in [-0.4, -0.2) is 327 Å². The molecule has 3 fully saturated rings. The first-order valence-corrected chi connectivity index (χ1v) is 37.1. The van der Waals surface area contributed by atoms with Crippen LogP contribution in [0.3, 0.4) is 0 Å². The van der Waals surface area contributed by atoms with E-state index >= 15 is 0 Å². The highest BCUT2D eigenvalue weighted by Crippen LogP contribution is 2.42. The standard InChI is InChI=1S/C64H116N9O31P/c1-39(77)69-51-57(87)54(84)44(36-74)102-62(51)98-33-30-95-27-19-48(81)66-23-13-9-16-42(60(90)68-25-12-7-8-18-47(80)65-22-11-5-6-15-26-101-105(92,93)94-4)73-61(91)43(72-50(83)21-29-97-32-35-100-64-53(71-41(3)79)59(89)56(86)46(38-76)104-64)17-10-14-24-67-49(82)20-28-96-31-34-99-63-52(70-40(2)78)58(88)55(85)45(37-75)103-63/h42-46,51-59,62-64,74-76,84-89H,5-38H2,1-4H3,(H,65,80)(H,66,81)(H,67,82)(H,68,90)(H,69,77)(H,70,78)(H,71,79)(H,72,83)(H,73,91)(H,92,93)/t42-,43-,44?,45?,46?,51?,52?,53?,54?,55?,56?,57?,58?,59?,62?,63?,64?/m0/s1. The van der Waals surface area contributed by atoms with Gasteiger partial charge in [-0.3, -0.25) is 52.2 Å². The Bertz CT molecular complexity index is 2600. The summed E-state index contributed by atoms with van der Waals surface area (Å²) in [6.07, 6.45) is -11.0. The van der Waals surface area contributed by atoms with Gasteiger partial charge >= 0.3 is 7.82 Å². The lowest BCUT2D eigenvalue weighted by molar-refractivity contribution is -0.272. The van der Waals surface area contributed by atoms with Crippen molar-refractivity contribution in [1.82, 2.24) is 47.9 Å². The van der Waals surface area contributed by atoms with Crippen LogP contribution in [0.15, 0.2) is 0 Å². The Hall–Kier alpha value is -5.38. The highest BCUT2D eigenvalue weighted by atomic mass is 31.2. The first-order chi connectivity index (χ1) is 50.2. The zero-order valence-corrected chi connectivity index (χ0v) is 61.2. The fourth-order valence-electron chi connectivity index (χ4n) is 11.0. The quantitative estimate of drug-likeness (QED) is 0.0199. The highest BCUT2D eigenvalue weighted by Gasteiger charge is 2.48. The van der Waals surface area contributed by atoms with Gasteiger partial charge in [-0.25, -0.2) is 4.57 Å². The van der Waals surface area contributed by atoms with Crippen LogP contribution in [0, 0.1) is 0 Å². The van der Waals surface area contributed by atoms with E-state index in [9.17, 15) is 98.6 Å². The summed E-state index contributed by atoms with van der Waals surface area (Å²) in [6.45, 7) is 1.78. The third kappa shape index (κ3) is 38.0. The van der Waals surface area contributed by atoms with E-state index in [1.54, 1.807) is 0 Å².